The summed E-state index contributed by atoms with van der Waals surface area (Å²) in [6.07, 6.45) is 2.09. The second-order valence-corrected chi connectivity index (χ2v) is 5.08. The maximum absolute atomic E-state index is 2.27. The number of benzene rings is 3. The first-order chi connectivity index (χ1) is 9.31. The third kappa shape index (κ3) is 1.59. The van der Waals surface area contributed by atoms with Crippen molar-refractivity contribution in [2.24, 2.45) is 7.05 Å². The molecule has 0 bridgehead atoms. The standard InChI is InChI=1S/C18H14N/c1-19-8-4-7-15-11-16-9-13-5-2-3-6-14(13)10-17(16)12-18(15)19/h2-12H,1H3/q+1. The van der Waals surface area contributed by atoms with Crippen LogP contribution in [0.3, 0.4) is 0 Å². The van der Waals surface area contributed by atoms with Crippen LogP contribution in [-0.2, 0) is 7.05 Å². The van der Waals surface area contributed by atoms with Crippen LogP contribution in [0, 0.1) is 0 Å². The van der Waals surface area contributed by atoms with Gasteiger partial charge in [-0.15, -0.1) is 0 Å². The lowest BCUT2D eigenvalue weighted by molar-refractivity contribution is -0.644. The summed E-state index contributed by atoms with van der Waals surface area (Å²) < 4.78 is 2.17. The second kappa shape index (κ2) is 3.79. The highest BCUT2D eigenvalue weighted by atomic mass is 14.9. The quantitative estimate of drug-likeness (QED) is 0.325. The number of aromatic nitrogens is 1. The molecule has 19 heavy (non-hydrogen) atoms. The van der Waals surface area contributed by atoms with E-state index in [9.17, 15) is 0 Å². The number of fused-ring (bicyclic) bond motifs is 3. The van der Waals surface area contributed by atoms with E-state index in [2.05, 4.69) is 78.5 Å². The van der Waals surface area contributed by atoms with Gasteiger partial charge in [0.05, 0.1) is 0 Å². The summed E-state index contributed by atoms with van der Waals surface area (Å²) in [6.45, 7) is 0. The van der Waals surface area contributed by atoms with Gasteiger partial charge >= 0.3 is 0 Å². The fraction of sp³-hybridized carbons (Fsp3) is 0.0556. The zero-order valence-electron chi connectivity index (χ0n) is 10.8. The second-order valence-electron chi connectivity index (χ2n) is 5.08. The molecule has 0 aliphatic heterocycles. The third-order valence-corrected chi connectivity index (χ3v) is 3.82. The average Bonchev–Trinajstić information content (AvgIpc) is 2.44. The van der Waals surface area contributed by atoms with E-state index >= 15 is 0 Å². The highest BCUT2D eigenvalue weighted by molar-refractivity contribution is 6.03. The van der Waals surface area contributed by atoms with Crippen molar-refractivity contribution >= 4 is 32.4 Å². The summed E-state index contributed by atoms with van der Waals surface area (Å²) in [6, 6.07) is 21.9. The van der Waals surface area contributed by atoms with Gasteiger partial charge in [0.1, 0.15) is 7.05 Å². The highest BCUT2D eigenvalue weighted by Crippen LogP contribution is 2.25. The van der Waals surface area contributed by atoms with Gasteiger partial charge in [-0.1, -0.05) is 24.3 Å². The van der Waals surface area contributed by atoms with Crippen LogP contribution >= 0.6 is 0 Å². The minimum atomic E-state index is 1.27. The molecule has 4 rings (SSSR count). The first-order valence-corrected chi connectivity index (χ1v) is 6.52. The zero-order valence-corrected chi connectivity index (χ0v) is 10.8. The van der Waals surface area contributed by atoms with Gasteiger partial charge in [-0.25, -0.2) is 4.57 Å². The molecule has 90 valence electrons. The number of hydrogen-bond acceptors (Lipinski definition) is 0. The first-order valence-electron chi connectivity index (χ1n) is 6.52. The van der Waals surface area contributed by atoms with Crippen molar-refractivity contribution in [3.63, 3.8) is 0 Å². The van der Waals surface area contributed by atoms with E-state index in [4.69, 9.17) is 0 Å². The molecule has 0 aliphatic carbocycles. The molecule has 1 heteroatoms. The van der Waals surface area contributed by atoms with E-state index in [1.165, 1.54) is 32.4 Å². The van der Waals surface area contributed by atoms with Gasteiger partial charge in [-0.2, -0.15) is 0 Å². The minimum absolute atomic E-state index is 1.27. The Morgan fingerprint density at radius 1 is 0.632 bits per heavy atom. The zero-order chi connectivity index (χ0) is 12.8. The summed E-state index contributed by atoms with van der Waals surface area (Å²) in [5, 5.41) is 6.49. The van der Waals surface area contributed by atoms with Crippen LogP contribution in [0.15, 0.2) is 66.9 Å². The van der Waals surface area contributed by atoms with Gasteiger partial charge in [0.25, 0.3) is 0 Å². The minimum Gasteiger partial charge on any atom is -0.201 e. The molecule has 0 aliphatic rings. The summed E-state index contributed by atoms with van der Waals surface area (Å²) >= 11 is 0. The molecule has 0 atom stereocenters. The lowest BCUT2D eigenvalue weighted by Crippen LogP contribution is -2.27. The summed E-state index contributed by atoms with van der Waals surface area (Å²) in [4.78, 5) is 0. The predicted octanol–water partition coefficient (Wildman–Crippen LogP) is 3.97. The van der Waals surface area contributed by atoms with Gasteiger partial charge < -0.3 is 0 Å². The van der Waals surface area contributed by atoms with E-state index in [0.717, 1.165) is 0 Å². The molecule has 4 aromatic rings. The van der Waals surface area contributed by atoms with Crippen LogP contribution in [-0.4, -0.2) is 0 Å². The monoisotopic (exact) mass is 244 g/mol. The molecule has 0 radical (unpaired) electrons. The van der Waals surface area contributed by atoms with Gasteiger partial charge in [-0.3, -0.25) is 0 Å². The molecule has 1 nitrogen and oxygen atoms in total. The molecule has 0 N–H and O–H groups in total. The topological polar surface area (TPSA) is 3.88 Å². The van der Waals surface area contributed by atoms with E-state index in [1.807, 2.05) is 0 Å². The maximum Gasteiger partial charge on any atom is 0.212 e. The van der Waals surface area contributed by atoms with Crippen LogP contribution in [0.1, 0.15) is 0 Å². The lowest BCUT2D eigenvalue weighted by atomic mass is 10.0. The van der Waals surface area contributed by atoms with Crippen LogP contribution in [0.2, 0.25) is 0 Å². The SMILES string of the molecule is C[n+]1cccc2cc3cc4ccccc4cc3cc21. The first kappa shape index (κ1) is 10.5. The van der Waals surface area contributed by atoms with Gasteiger partial charge in [0, 0.05) is 17.5 Å². The molecule has 0 unspecified atom stereocenters. The lowest BCUT2D eigenvalue weighted by Gasteiger charge is -2.04. The van der Waals surface area contributed by atoms with Crippen LogP contribution < -0.4 is 4.57 Å². The smallest absolute Gasteiger partial charge is 0.201 e. The van der Waals surface area contributed by atoms with Crippen LogP contribution in [0.25, 0.3) is 32.4 Å². The number of rotatable bonds is 0. The Hall–Kier alpha value is -2.41. The Bertz CT molecular complexity index is 922. The summed E-state index contributed by atoms with van der Waals surface area (Å²) in [7, 11) is 2.09. The largest absolute Gasteiger partial charge is 0.212 e. The molecule has 0 amide bonds. The van der Waals surface area contributed by atoms with E-state index < -0.39 is 0 Å². The van der Waals surface area contributed by atoms with Crippen molar-refractivity contribution in [3.8, 4) is 0 Å². The van der Waals surface area contributed by atoms with Gasteiger partial charge in [-0.05, 0) is 45.8 Å². The molecule has 0 saturated heterocycles. The Labute approximate surface area is 111 Å². The van der Waals surface area contributed by atoms with E-state index in [1.54, 1.807) is 0 Å². The Kier molecular flexibility index (Phi) is 2.10. The normalized spacial score (nSPS) is 11.4. The average molecular weight is 244 g/mol. The van der Waals surface area contributed by atoms with Crippen LogP contribution in [0.5, 0.6) is 0 Å². The van der Waals surface area contributed by atoms with Crippen molar-refractivity contribution in [2.45, 2.75) is 0 Å². The van der Waals surface area contributed by atoms with Crippen LogP contribution in [0.4, 0.5) is 0 Å². The third-order valence-electron chi connectivity index (χ3n) is 3.82. The molecule has 3 aromatic carbocycles. The Morgan fingerprint density at radius 2 is 1.21 bits per heavy atom. The summed E-state index contributed by atoms with van der Waals surface area (Å²) in [5.74, 6) is 0. The molecule has 1 aromatic heterocycles. The number of hydrogen-bond donors (Lipinski definition) is 0. The molecule has 0 fully saturated rings. The van der Waals surface area contributed by atoms with E-state index in [0.29, 0.717) is 0 Å². The summed E-state index contributed by atoms with van der Waals surface area (Å²) in [5.41, 5.74) is 1.27. The fourth-order valence-corrected chi connectivity index (χ4v) is 2.79. The molecular formula is C18H14N+. The number of pyridine rings is 1. The molecule has 0 saturated carbocycles. The predicted molar refractivity (Wildman–Crippen MR) is 80.1 cm³/mol. The molecule has 0 spiro atoms. The number of nitrogens with zero attached hydrogens (tertiary/aromatic N) is 1. The van der Waals surface area contributed by atoms with Gasteiger partial charge in [0.2, 0.25) is 5.52 Å². The Balaban J connectivity index is 2.20. The van der Waals surface area contributed by atoms with E-state index in [-0.39, 0.29) is 0 Å². The number of aryl methyl sites for hydroxylation is 1. The Morgan fingerprint density at radius 3 is 1.95 bits per heavy atom. The fourth-order valence-electron chi connectivity index (χ4n) is 2.79. The van der Waals surface area contributed by atoms with Crippen molar-refractivity contribution in [1.29, 1.82) is 0 Å². The van der Waals surface area contributed by atoms with Crippen molar-refractivity contribution in [1.82, 2.24) is 0 Å². The van der Waals surface area contributed by atoms with Gasteiger partial charge in [0.15, 0.2) is 6.20 Å². The molecule has 1 heterocycles. The van der Waals surface area contributed by atoms with Crippen molar-refractivity contribution in [3.05, 3.63) is 66.9 Å². The van der Waals surface area contributed by atoms with Crippen molar-refractivity contribution in [2.75, 3.05) is 0 Å². The van der Waals surface area contributed by atoms with Crippen molar-refractivity contribution < 1.29 is 4.57 Å². The maximum atomic E-state index is 2.27. The molecular weight excluding hydrogens is 230 g/mol. The highest BCUT2D eigenvalue weighted by Gasteiger charge is 2.06.